The van der Waals surface area contributed by atoms with Crippen molar-refractivity contribution in [2.75, 3.05) is 19.7 Å². The Hall–Kier alpha value is -3.20. The lowest BCUT2D eigenvalue weighted by atomic mass is 9.98. The molecule has 7 nitrogen and oxygen atoms in total. The second-order valence-corrected chi connectivity index (χ2v) is 11.2. The summed E-state index contributed by atoms with van der Waals surface area (Å²) in [5.41, 5.74) is 4.56. The number of rotatable bonds is 4. The van der Waals surface area contributed by atoms with Crippen LogP contribution in [-0.2, 0) is 14.8 Å². The Kier molecular flexibility index (Phi) is 5.40. The number of nitrogens with zero attached hydrogens (tertiary/aromatic N) is 2. The van der Waals surface area contributed by atoms with Gasteiger partial charge < -0.3 is 14.7 Å². The molecule has 2 heterocycles. The Morgan fingerprint density at radius 2 is 1.51 bits per heavy atom. The zero-order valence-corrected chi connectivity index (χ0v) is 19.8. The van der Waals surface area contributed by atoms with E-state index in [9.17, 15) is 18.3 Å². The van der Waals surface area contributed by atoms with Crippen LogP contribution in [0.2, 0.25) is 0 Å². The van der Waals surface area contributed by atoms with Crippen LogP contribution >= 0.6 is 0 Å². The number of hydrogen-bond acceptors (Lipinski definition) is 5. The zero-order chi connectivity index (χ0) is 24.2. The van der Waals surface area contributed by atoms with Crippen molar-refractivity contribution in [2.24, 2.45) is 0 Å². The molecule has 1 amide bonds. The number of sulfonamides is 1. The average Bonchev–Trinajstić information content (AvgIpc) is 3.55. The summed E-state index contributed by atoms with van der Waals surface area (Å²) in [5.74, 6) is -0.0618. The van der Waals surface area contributed by atoms with E-state index in [1.165, 1.54) is 9.21 Å². The van der Waals surface area contributed by atoms with Gasteiger partial charge in [-0.3, -0.25) is 0 Å². The smallest absolute Gasteiger partial charge is 0.410 e. The van der Waals surface area contributed by atoms with Gasteiger partial charge in [0, 0.05) is 19.0 Å². The number of likely N-dealkylation sites (tertiary alicyclic amines) is 1. The third-order valence-corrected chi connectivity index (χ3v) is 9.38. The highest BCUT2D eigenvalue weighted by Crippen LogP contribution is 2.45. The van der Waals surface area contributed by atoms with Crippen molar-refractivity contribution in [3.63, 3.8) is 0 Å². The average molecular weight is 491 g/mol. The molecule has 3 aliphatic rings. The van der Waals surface area contributed by atoms with Crippen LogP contribution in [0.25, 0.3) is 11.1 Å². The van der Waals surface area contributed by atoms with Gasteiger partial charge in [0.2, 0.25) is 10.0 Å². The third-order valence-electron chi connectivity index (χ3n) is 7.47. The number of benzene rings is 3. The van der Waals surface area contributed by atoms with E-state index in [0.717, 1.165) is 22.3 Å². The van der Waals surface area contributed by atoms with Gasteiger partial charge in [-0.2, -0.15) is 4.31 Å². The van der Waals surface area contributed by atoms with Crippen molar-refractivity contribution in [3.8, 4) is 11.1 Å². The minimum atomic E-state index is -3.77. The number of aliphatic hydroxyl groups excluding tert-OH is 1. The van der Waals surface area contributed by atoms with Crippen molar-refractivity contribution in [1.29, 1.82) is 0 Å². The van der Waals surface area contributed by atoms with E-state index in [1.807, 2.05) is 24.3 Å². The monoisotopic (exact) mass is 490 g/mol. The first-order valence-electron chi connectivity index (χ1n) is 11.8. The molecule has 180 valence electrons. The summed E-state index contributed by atoms with van der Waals surface area (Å²) in [7, 11) is -3.77. The SMILES string of the molecule is O=C(OCC1c2ccccc2-c2ccccc21)N1CC[C@@H]2[C@H]1[C@@H](O)CN2S(=O)(=O)c1ccccc1. The van der Waals surface area contributed by atoms with E-state index < -0.39 is 34.3 Å². The van der Waals surface area contributed by atoms with Gasteiger partial charge in [-0.1, -0.05) is 66.7 Å². The fraction of sp³-hybridized carbons (Fsp3) is 0.296. The van der Waals surface area contributed by atoms with Gasteiger partial charge in [0.25, 0.3) is 0 Å². The first-order valence-corrected chi connectivity index (χ1v) is 13.3. The van der Waals surface area contributed by atoms with Crippen LogP contribution < -0.4 is 0 Å². The maximum Gasteiger partial charge on any atom is 0.410 e. The van der Waals surface area contributed by atoms with Gasteiger partial charge >= 0.3 is 6.09 Å². The summed E-state index contributed by atoms with van der Waals surface area (Å²) in [6, 6.07) is 23.4. The first kappa shape index (κ1) is 22.3. The highest BCUT2D eigenvalue weighted by Gasteiger charge is 2.54. The molecule has 1 aliphatic carbocycles. The molecule has 0 unspecified atom stereocenters. The molecule has 0 radical (unpaired) electrons. The van der Waals surface area contributed by atoms with Gasteiger partial charge in [-0.25, -0.2) is 13.2 Å². The van der Waals surface area contributed by atoms with E-state index >= 15 is 0 Å². The molecule has 0 aromatic heterocycles. The van der Waals surface area contributed by atoms with Gasteiger partial charge in [-0.05, 0) is 40.8 Å². The molecule has 0 spiro atoms. The van der Waals surface area contributed by atoms with Crippen LogP contribution in [0.1, 0.15) is 23.5 Å². The molecule has 3 aromatic carbocycles. The van der Waals surface area contributed by atoms with Crippen LogP contribution in [0.5, 0.6) is 0 Å². The Bertz CT molecular complexity index is 1330. The number of hydrogen-bond donors (Lipinski definition) is 1. The van der Waals surface area contributed by atoms with Crippen LogP contribution in [0.15, 0.2) is 83.8 Å². The molecule has 1 N–H and O–H groups in total. The van der Waals surface area contributed by atoms with Crippen molar-refractivity contribution in [1.82, 2.24) is 9.21 Å². The molecule has 35 heavy (non-hydrogen) atoms. The molecule has 2 aliphatic heterocycles. The van der Waals surface area contributed by atoms with E-state index in [-0.39, 0.29) is 24.0 Å². The molecule has 0 bridgehead atoms. The van der Waals surface area contributed by atoms with E-state index in [4.69, 9.17) is 4.74 Å². The summed E-state index contributed by atoms with van der Waals surface area (Å²) in [6.07, 6.45) is -1.03. The van der Waals surface area contributed by atoms with Gasteiger partial charge in [-0.15, -0.1) is 0 Å². The lowest BCUT2D eigenvalue weighted by Gasteiger charge is -2.26. The Morgan fingerprint density at radius 1 is 0.914 bits per heavy atom. The minimum absolute atomic E-state index is 0.0419. The fourth-order valence-corrected chi connectivity index (χ4v) is 7.61. The number of carbonyl (C=O) groups excluding carboxylic acids is 1. The van der Waals surface area contributed by atoms with Crippen molar-refractivity contribution in [2.45, 2.75) is 35.4 Å². The maximum absolute atomic E-state index is 13.2. The summed E-state index contributed by atoms with van der Waals surface area (Å²) < 4.78 is 33.6. The first-order chi connectivity index (χ1) is 17.0. The maximum atomic E-state index is 13.2. The molecular weight excluding hydrogens is 464 g/mol. The van der Waals surface area contributed by atoms with E-state index in [2.05, 4.69) is 24.3 Å². The standard InChI is InChI=1S/C27H26N2O5S/c30-25-16-29(35(32,33)18-8-2-1-3-9-18)24-14-15-28(26(24)25)27(31)34-17-23-21-12-6-4-10-19(21)20-11-5-7-13-22(20)23/h1-13,23-26,30H,14-17H2/t24-,25+,26+/m1/s1. The molecule has 3 aromatic rings. The number of carbonyl (C=O) groups is 1. The van der Waals surface area contributed by atoms with Crippen LogP contribution in [0, 0.1) is 0 Å². The summed E-state index contributed by atoms with van der Waals surface area (Å²) >= 11 is 0. The summed E-state index contributed by atoms with van der Waals surface area (Å²) in [4.78, 5) is 14.9. The Balaban J connectivity index is 1.19. The predicted octanol–water partition coefficient (Wildman–Crippen LogP) is 3.44. The Labute approximate surface area is 204 Å². The van der Waals surface area contributed by atoms with E-state index in [1.54, 1.807) is 30.3 Å². The van der Waals surface area contributed by atoms with Gasteiger partial charge in [0.15, 0.2) is 0 Å². The number of fused-ring (bicyclic) bond motifs is 4. The summed E-state index contributed by atoms with van der Waals surface area (Å²) in [5, 5.41) is 10.8. The zero-order valence-electron chi connectivity index (χ0n) is 19.0. The van der Waals surface area contributed by atoms with Crippen LogP contribution in [0.4, 0.5) is 4.79 Å². The second kappa shape index (κ2) is 8.48. The molecule has 0 saturated carbocycles. The molecule has 3 atom stereocenters. The topological polar surface area (TPSA) is 87.2 Å². The second-order valence-electron chi connectivity index (χ2n) is 9.30. The van der Waals surface area contributed by atoms with Crippen molar-refractivity contribution < 1.29 is 23.1 Å². The molecule has 8 heteroatoms. The van der Waals surface area contributed by atoms with E-state index in [0.29, 0.717) is 13.0 Å². The predicted molar refractivity (Wildman–Crippen MR) is 130 cm³/mol. The van der Waals surface area contributed by atoms with Gasteiger partial charge in [0.1, 0.15) is 6.61 Å². The number of ether oxygens (including phenoxy) is 1. The molecule has 2 fully saturated rings. The molecular formula is C27H26N2O5S. The quantitative estimate of drug-likeness (QED) is 0.606. The minimum Gasteiger partial charge on any atom is -0.448 e. The fourth-order valence-electron chi connectivity index (χ4n) is 5.90. The number of β-amino-alcohol motifs (C(OH)–C–C–N with tert-alkyl or cyclic N) is 1. The lowest BCUT2D eigenvalue weighted by molar-refractivity contribution is 0.0634. The summed E-state index contributed by atoms with van der Waals surface area (Å²) in [6.45, 7) is 0.479. The number of aliphatic hydroxyl groups is 1. The lowest BCUT2D eigenvalue weighted by Crippen LogP contribution is -2.45. The largest absolute Gasteiger partial charge is 0.448 e. The highest BCUT2D eigenvalue weighted by molar-refractivity contribution is 7.89. The van der Waals surface area contributed by atoms with Crippen LogP contribution in [-0.4, -0.2) is 66.7 Å². The van der Waals surface area contributed by atoms with Crippen LogP contribution in [0.3, 0.4) is 0 Å². The highest BCUT2D eigenvalue weighted by atomic mass is 32.2. The Morgan fingerprint density at radius 3 is 2.17 bits per heavy atom. The molecule has 6 rings (SSSR count). The number of amides is 1. The normalized spacial score (nSPS) is 23.7. The third kappa shape index (κ3) is 3.55. The van der Waals surface area contributed by atoms with Crippen molar-refractivity contribution >= 4 is 16.1 Å². The molecule has 2 saturated heterocycles. The van der Waals surface area contributed by atoms with Gasteiger partial charge in [0.05, 0.1) is 23.1 Å². The van der Waals surface area contributed by atoms with Crippen molar-refractivity contribution in [3.05, 3.63) is 90.0 Å².